The van der Waals surface area contributed by atoms with Crippen molar-refractivity contribution in [2.24, 2.45) is 0 Å². The monoisotopic (exact) mass is 339 g/mol. The minimum Gasteiger partial charge on any atom is -0.481 e. The molecule has 0 spiro atoms. The number of Topliss-reactive ketones (excluding diaryl/α,β-unsaturated/α-hetero) is 1. The fourth-order valence-electron chi connectivity index (χ4n) is 3.14. The van der Waals surface area contributed by atoms with E-state index in [1.165, 1.54) is 0 Å². The number of nitrogens with one attached hydrogen (secondary N) is 1. The molecular formula is C15H14FNO5S. The molecule has 0 saturated carbocycles. The van der Waals surface area contributed by atoms with Crippen LogP contribution in [-0.2, 0) is 14.6 Å². The number of aromatic nitrogens is 1. The molecule has 1 atom stereocenters. The van der Waals surface area contributed by atoms with E-state index in [2.05, 4.69) is 4.98 Å². The van der Waals surface area contributed by atoms with Gasteiger partial charge in [0.1, 0.15) is 5.82 Å². The Bertz CT molecular complexity index is 944. The van der Waals surface area contributed by atoms with Crippen molar-refractivity contribution in [2.45, 2.75) is 30.1 Å². The zero-order valence-electron chi connectivity index (χ0n) is 12.2. The summed E-state index contributed by atoms with van der Waals surface area (Å²) in [6.07, 6.45) is 1.30. The average Bonchev–Trinajstić information content (AvgIpc) is 2.79. The predicted molar refractivity (Wildman–Crippen MR) is 79.9 cm³/mol. The van der Waals surface area contributed by atoms with Crippen molar-refractivity contribution in [3.05, 3.63) is 29.2 Å². The van der Waals surface area contributed by atoms with Crippen LogP contribution in [0.1, 0.15) is 41.2 Å². The molecule has 3 rings (SSSR count). The second-order valence-corrected chi connectivity index (χ2v) is 7.75. The molecule has 122 valence electrons. The summed E-state index contributed by atoms with van der Waals surface area (Å²) in [5, 5.41) is 9.20. The van der Waals surface area contributed by atoms with E-state index in [1.807, 2.05) is 0 Å². The van der Waals surface area contributed by atoms with Crippen LogP contribution in [0.4, 0.5) is 4.39 Å². The zero-order chi connectivity index (χ0) is 16.9. The van der Waals surface area contributed by atoms with Crippen LogP contribution in [0, 0.1) is 5.82 Å². The Morgan fingerprint density at radius 2 is 2.13 bits per heavy atom. The van der Waals surface area contributed by atoms with Gasteiger partial charge in [-0.05, 0) is 18.6 Å². The summed E-state index contributed by atoms with van der Waals surface area (Å²) in [6, 6.07) is 2.01. The van der Waals surface area contributed by atoms with Gasteiger partial charge in [-0.3, -0.25) is 9.59 Å². The number of sulfone groups is 1. The second kappa shape index (κ2) is 5.16. The number of hydrogen-bond donors (Lipinski definition) is 2. The highest BCUT2D eigenvalue weighted by Gasteiger charge is 2.32. The Morgan fingerprint density at radius 3 is 2.74 bits per heavy atom. The maximum absolute atomic E-state index is 13.8. The van der Waals surface area contributed by atoms with Crippen LogP contribution in [-0.4, -0.2) is 36.5 Å². The number of benzene rings is 1. The van der Waals surface area contributed by atoms with Crippen molar-refractivity contribution in [1.82, 2.24) is 4.98 Å². The highest BCUT2D eigenvalue weighted by Crippen LogP contribution is 2.39. The molecule has 0 fully saturated rings. The Hall–Kier alpha value is -2.22. The molecule has 0 amide bonds. The molecular weight excluding hydrogens is 325 g/mol. The molecule has 6 nitrogen and oxygen atoms in total. The predicted octanol–water partition coefficient (Wildman–Crippen LogP) is 2.25. The SMILES string of the molecule is CS(=O)(=O)c1cc(F)cc2c3c([nH]c12)[C@@H](CC(=O)O)CCC3=O. The van der Waals surface area contributed by atoms with E-state index >= 15 is 0 Å². The number of ketones is 1. The molecule has 2 aromatic rings. The van der Waals surface area contributed by atoms with Gasteiger partial charge in [-0.15, -0.1) is 0 Å². The number of H-pyrrole nitrogens is 1. The number of halogens is 1. The van der Waals surface area contributed by atoms with Gasteiger partial charge in [0.15, 0.2) is 15.6 Å². The van der Waals surface area contributed by atoms with Gasteiger partial charge in [0.05, 0.1) is 16.8 Å². The van der Waals surface area contributed by atoms with E-state index in [0.717, 1.165) is 18.4 Å². The molecule has 1 aliphatic rings. The molecule has 1 aromatic carbocycles. The van der Waals surface area contributed by atoms with Gasteiger partial charge in [0, 0.05) is 35.2 Å². The summed E-state index contributed by atoms with van der Waals surface area (Å²) in [6.45, 7) is 0. The van der Waals surface area contributed by atoms with Crippen LogP contribution in [0.2, 0.25) is 0 Å². The largest absolute Gasteiger partial charge is 0.481 e. The third-order valence-corrected chi connectivity index (χ3v) is 5.21. The summed E-state index contributed by atoms with van der Waals surface area (Å²) in [5.41, 5.74) is 0.751. The topological polar surface area (TPSA) is 104 Å². The summed E-state index contributed by atoms with van der Waals surface area (Å²) >= 11 is 0. The number of carbonyl (C=O) groups excluding carboxylic acids is 1. The molecule has 23 heavy (non-hydrogen) atoms. The quantitative estimate of drug-likeness (QED) is 0.892. The fraction of sp³-hybridized carbons (Fsp3) is 0.333. The van der Waals surface area contributed by atoms with E-state index in [4.69, 9.17) is 5.11 Å². The molecule has 0 radical (unpaired) electrons. The van der Waals surface area contributed by atoms with Crippen LogP contribution in [0.5, 0.6) is 0 Å². The summed E-state index contributed by atoms with van der Waals surface area (Å²) in [7, 11) is -3.71. The first-order chi connectivity index (χ1) is 10.7. The minimum absolute atomic E-state index is 0.155. The first-order valence-electron chi connectivity index (χ1n) is 6.98. The molecule has 1 aliphatic carbocycles. The Labute approximate surface area is 131 Å². The molecule has 1 heterocycles. The van der Waals surface area contributed by atoms with Crippen molar-refractivity contribution < 1.29 is 27.5 Å². The van der Waals surface area contributed by atoms with E-state index in [1.54, 1.807) is 0 Å². The van der Waals surface area contributed by atoms with Gasteiger partial charge < -0.3 is 10.1 Å². The van der Waals surface area contributed by atoms with Crippen molar-refractivity contribution in [3.63, 3.8) is 0 Å². The number of hydrogen-bond acceptors (Lipinski definition) is 4. The van der Waals surface area contributed by atoms with Crippen molar-refractivity contribution in [3.8, 4) is 0 Å². The standard InChI is InChI=1S/C15H14FNO5S/c1-23(21,22)11-6-8(16)5-9-13-10(18)3-2-7(4-12(19)20)14(13)17-15(9)11/h5-7,17H,2-4H2,1H3,(H,19,20)/t7-/m1/s1. The van der Waals surface area contributed by atoms with Crippen molar-refractivity contribution >= 4 is 32.5 Å². The summed E-state index contributed by atoms with van der Waals surface area (Å²) in [4.78, 5) is 25.9. The highest BCUT2D eigenvalue weighted by atomic mass is 32.2. The normalized spacial score (nSPS) is 18.2. The van der Waals surface area contributed by atoms with E-state index in [-0.39, 0.29) is 40.0 Å². The number of carboxylic acids is 1. The Morgan fingerprint density at radius 1 is 1.43 bits per heavy atom. The molecule has 0 saturated heterocycles. The average molecular weight is 339 g/mol. The van der Waals surface area contributed by atoms with E-state index in [9.17, 15) is 22.4 Å². The van der Waals surface area contributed by atoms with Gasteiger partial charge in [-0.25, -0.2) is 12.8 Å². The maximum atomic E-state index is 13.8. The number of aliphatic carboxylic acids is 1. The molecule has 8 heteroatoms. The maximum Gasteiger partial charge on any atom is 0.304 e. The van der Waals surface area contributed by atoms with E-state index < -0.39 is 27.5 Å². The van der Waals surface area contributed by atoms with Gasteiger partial charge in [0.25, 0.3) is 0 Å². The Kier molecular flexibility index (Phi) is 3.51. The molecule has 0 unspecified atom stereocenters. The van der Waals surface area contributed by atoms with Crippen molar-refractivity contribution in [1.29, 1.82) is 0 Å². The molecule has 0 bridgehead atoms. The lowest BCUT2D eigenvalue weighted by Gasteiger charge is -2.20. The number of carbonyl (C=O) groups is 2. The van der Waals surface area contributed by atoms with Crippen LogP contribution < -0.4 is 0 Å². The molecule has 2 N–H and O–H groups in total. The molecule has 1 aromatic heterocycles. The van der Waals surface area contributed by atoms with Crippen LogP contribution in [0.3, 0.4) is 0 Å². The lowest BCUT2D eigenvalue weighted by Crippen LogP contribution is -2.17. The number of fused-ring (bicyclic) bond motifs is 3. The van der Waals surface area contributed by atoms with Crippen LogP contribution in [0.25, 0.3) is 10.9 Å². The van der Waals surface area contributed by atoms with E-state index in [0.29, 0.717) is 12.1 Å². The van der Waals surface area contributed by atoms with Gasteiger partial charge in [-0.2, -0.15) is 0 Å². The van der Waals surface area contributed by atoms with Gasteiger partial charge >= 0.3 is 5.97 Å². The number of aromatic amines is 1. The first-order valence-corrected chi connectivity index (χ1v) is 8.87. The van der Waals surface area contributed by atoms with Crippen LogP contribution in [0.15, 0.2) is 17.0 Å². The summed E-state index contributed by atoms with van der Waals surface area (Å²) < 4.78 is 37.6. The third-order valence-electron chi connectivity index (χ3n) is 4.09. The first kappa shape index (κ1) is 15.7. The molecule has 0 aliphatic heterocycles. The van der Waals surface area contributed by atoms with Crippen LogP contribution >= 0.6 is 0 Å². The lowest BCUT2D eigenvalue weighted by molar-refractivity contribution is -0.137. The lowest BCUT2D eigenvalue weighted by atomic mass is 9.84. The van der Waals surface area contributed by atoms with Gasteiger partial charge in [0.2, 0.25) is 0 Å². The zero-order valence-corrected chi connectivity index (χ0v) is 13.0. The van der Waals surface area contributed by atoms with Crippen molar-refractivity contribution in [2.75, 3.05) is 6.26 Å². The highest BCUT2D eigenvalue weighted by molar-refractivity contribution is 7.91. The van der Waals surface area contributed by atoms with Gasteiger partial charge in [-0.1, -0.05) is 0 Å². The second-order valence-electron chi connectivity index (χ2n) is 5.77. The smallest absolute Gasteiger partial charge is 0.304 e. The number of rotatable bonds is 3. The Balaban J connectivity index is 2.35. The number of carboxylic acid groups (broad SMARTS) is 1. The summed E-state index contributed by atoms with van der Waals surface area (Å²) in [5.74, 6) is -2.43. The third kappa shape index (κ3) is 2.63. The minimum atomic E-state index is -3.71. The fourth-order valence-corrected chi connectivity index (χ4v) is 4.00.